The van der Waals surface area contributed by atoms with Crippen molar-refractivity contribution in [2.24, 2.45) is 0 Å². The zero-order chi connectivity index (χ0) is 14.5. The Hall–Kier alpha value is -2.87. The summed E-state index contributed by atoms with van der Waals surface area (Å²) in [6, 6.07) is 11.6. The molecule has 5 heteroatoms. The monoisotopic (exact) mass is 268 g/mol. The van der Waals surface area contributed by atoms with E-state index in [9.17, 15) is 4.79 Å². The van der Waals surface area contributed by atoms with Crippen LogP contribution in [-0.2, 0) is 11.3 Å². The highest BCUT2D eigenvalue weighted by molar-refractivity contribution is 5.86. The molecule has 5 nitrogen and oxygen atoms in total. The molecule has 0 atom stereocenters. The second-order valence-electron chi connectivity index (χ2n) is 4.23. The van der Waals surface area contributed by atoms with E-state index in [-0.39, 0.29) is 6.54 Å². The van der Waals surface area contributed by atoms with Gasteiger partial charge in [-0.05, 0) is 18.9 Å². The number of carboxylic acid groups (broad SMARTS) is 1. The largest absolute Gasteiger partial charge is 0.472 e. The third-order valence-corrected chi connectivity index (χ3v) is 2.76. The van der Waals surface area contributed by atoms with Crippen LogP contribution in [0, 0.1) is 18.8 Å². The van der Waals surface area contributed by atoms with Crippen LogP contribution in [0.5, 0.6) is 0 Å². The predicted molar refractivity (Wildman–Crippen MR) is 74.4 cm³/mol. The van der Waals surface area contributed by atoms with Crippen LogP contribution < -0.4 is 10.4 Å². The lowest BCUT2D eigenvalue weighted by molar-refractivity contribution is -0.728. The summed E-state index contributed by atoms with van der Waals surface area (Å²) in [5.74, 6) is 3.88. The third-order valence-electron chi connectivity index (χ3n) is 2.76. The maximum atomic E-state index is 10.4. The Morgan fingerprint density at radius 2 is 2.10 bits per heavy atom. The fourth-order valence-corrected chi connectivity index (χ4v) is 1.76. The summed E-state index contributed by atoms with van der Waals surface area (Å²) in [7, 11) is 0. The van der Waals surface area contributed by atoms with Crippen LogP contribution in [0.2, 0.25) is 0 Å². The summed E-state index contributed by atoms with van der Waals surface area (Å²) in [6.45, 7) is 2.02. The van der Waals surface area contributed by atoms with Crippen molar-refractivity contribution < 1.29 is 14.6 Å². The molecule has 20 heavy (non-hydrogen) atoms. The number of carboxylic acids is 1. The predicted octanol–water partition coefficient (Wildman–Crippen LogP) is 1.01. The van der Waals surface area contributed by atoms with Gasteiger partial charge in [-0.15, -0.1) is 4.68 Å². The number of aromatic nitrogens is 2. The van der Waals surface area contributed by atoms with E-state index in [2.05, 4.69) is 16.9 Å². The minimum absolute atomic E-state index is 0.139. The fourth-order valence-electron chi connectivity index (χ4n) is 1.76. The first-order valence-corrected chi connectivity index (χ1v) is 6.02. The number of nitrogens with zero attached hydrogens (tertiary/aromatic N) is 2. The smallest absolute Gasteiger partial charge is 0.382 e. The molecule has 1 aromatic heterocycles. The van der Waals surface area contributed by atoms with Crippen LogP contribution in [0.15, 0.2) is 36.4 Å². The Bertz CT molecular complexity index is 700. The highest BCUT2D eigenvalue weighted by Gasteiger charge is 2.12. The Morgan fingerprint density at radius 1 is 1.40 bits per heavy atom. The molecule has 0 unspecified atom stereocenters. The Balaban J connectivity index is 2.41. The van der Waals surface area contributed by atoms with E-state index in [0.29, 0.717) is 5.82 Å². The molecule has 0 aliphatic heterocycles. The van der Waals surface area contributed by atoms with Gasteiger partial charge in [-0.1, -0.05) is 35.4 Å². The van der Waals surface area contributed by atoms with Crippen molar-refractivity contribution in [3.05, 3.63) is 42.0 Å². The zero-order valence-electron chi connectivity index (χ0n) is 11.0. The van der Waals surface area contributed by atoms with E-state index >= 15 is 0 Å². The number of carbonyl (C=O) groups is 1. The summed E-state index contributed by atoms with van der Waals surface area (Å²) < 4.78 is 1.51. The number of aryl methyl sites for hydroxylation is 1. The molecule has 0 radical (unpaired) electrons. The number of benzene rings is 1. The number of rotatable bonds is 2. The van der Waals surface area contributed by atoms with E-state index in [1.807, 2.05) is 43.3 Å². The molecule has 1 aromatic carbocycles. The van der Waals surface area contributed by atoms with Crippen molar-refractivity contribution in [2.75, 3.05) is 5.73 Å². The van der Waals surface area contributed by atoms with E-state index in [4.69, 9.17) is 10.8 Å². The van der Waals surface area contributed by atoms with Crippen LogP contribution >= 0.6 is 0 Å². The molecule has 2 aromatic rings. The number of hydrogen-bond acceptors (Lipinski definition) is 3. The van der Waals surface area contributed by atoms with Crippen molar-refractivity contribution in [2.45, 2.75) is 13.5 Å². The van der Waals surface area contributed by atoms with Gasteiger partial charge in [0.1, 0.15) is 5.69 Å². The molecule has 0 aliphatic rings. The van der Waals surface area contributed by atoms with E-state index in [1.54, 1.807) is 0 Å². The van der Waals surface area contributed by atoms with Gasteiger partial charge < -0.3 is 5.11 Å². The molecular formula is C15H14N3O2+. The first-order chi connectivity index (χ1) is 9.58. The number of nitrogens with two attached hydrogens (primary N) is 1. The first-order valence-electron chi connectivity index (χ1n) is 6.02. The second-order valence-corrected chi connectivity index (χ2v) is 4.23. The summed E-state index contributed by atoms with van der Waals surface area (Å²) >= 11 is 0. The van der Waals surface area contributed by atoms with Crippen LogP contribution in [-0.4, -0.2) is 16.2 Å². The van der Waals surface area contributed by atoms with Crippen LogP contribution in [0.1, 0.15) is 5.56 Å². The molecule has 0 saturated heterocycles. The van der Waals surface area contributed by atoms with Gasteiger partial charge in [0.05, 0.1) is 0 Å². The molecule has 0 fully saturated rings. The van der Waals surface area contributed by atoms with Gasteiger partial charge in [-0.2, -0.15) is 0 Å². The zero-order valence-corrected chi connectivity index (χ0v) is 11.0. The standard InChI is InChI=1S/C15H13N3O2/c1-11-10-13(12-6-3-2-4-7-12)17-18(15(11)16)9-5-8-14(19)20/h2-4,6-7,10,16H,9H2,1H3,(H,19,20)/p+1. The quantitative estimate of drug-likeness (QED) is 0.629. The molecule has 0 spiro atoms. The van der Waals surface area contributed by atoms with Crippen molar-refractivity contribution in [3.63, 3.8) is 0 Å². The topological polar surface area (TPSA) is 80.1 Å². The van der Waals surface area contributed by atoms with Gasteiger partial charge in [-0.25, -0.2) is 4.79 Å². The molecule has 1 heterocycles. The molecule has 0 bridgehead atoms. The molecule has 0 amide bonds. The summed E-state index contributed by atoms with van der Waals surface area (Å²) in [5, 5.41) is 12.9. The highest BCUT2D eigenvalue weighted by Crippen LogP contribution is 2.17. The molecule has 2 rings (SSSR count). The minimum Gasteiger partial charge on any atom is -0.472 e. The van der Waals surface area contributed by atoms with Gasteiger partial charge in [0.15, 0.2) is 6.54 Å². The SMILES string of the molecule is Cc1cc(-c2ccccc2)n[n+](CC#CC(=O)O)c1N. The number of anilines is 1. The molecule has 0 aliphatic carbocycles. The molecule has 3 N–H and O–H groups in total. The van der Waals surface area contributed by atoms with Gasteiger partial charge in [0, 0.05) is 17.0 Å². The van der Waals surface area contributed by atoms with Crippen LogP contribution in [0.3, 0.4) is 0 Å². The highest BCUT2D eigenvalue weighted by atomic mass is 16.4. The third kappa shape index (κ3) is 3.12. The van der Waals surface area contributed by atoms with Crippen LogP contribution in [0.4, 0.5) is 5.82 Å². The lowest BCUT2D eigenvalue weighted by Crippen LogP contribution is -2.41. The lowest BCUT2D eigenvalue weighted by atomic mass is 10.1. The van der Waals surface area contributed by atoms with Crippen molar-refractivity contribution in [1.82, 2.24) is 5.10 Å². The lowest BCUT2D eigenvalue weighted by Gasteiger charge is -2.05. The first kappa shape index (κ1) is 13.6. The van der Waals surface area contributed by atoms with Gasteiger partial charge in [-0.3, -0.25) is 5.73 Å². The van der Waals surface area contributed by atoms with Gasteiger partial charge >= 0.3 is 5.97 Å². The number of aliphatic carboxylic acids is 1. The van der Waals surface area contributed by atoms with Gasteiger partial charge in [0.2, 0.25) is 0 Å². The van der Waals surface area contributed by atoms with Gasteiger partial charge in [0.25, 0.3) is 5.82 Å². The van der Waals surface area contributed by atoms with E-state index < -0.39 is 5.97 Å². The maximum Gasteiger partial charge on any atom is 0.382 e. The summed E-state index contributed by atoms with van der Waals surface area (Å²) in [5.41, 5.74) is 8.54. The molecule has 0 saturated carbocycles. The Kier molecular flexibility index (Phi) is 3.96. The number of nitrogen functional groups attached to an aromatic ring is 1. The summed E-state index contributed by atoms with van der Waals surface area (Å²) in [4.78, 5) is 10.4. The fraction of sp³-hybridized carbons (Fsp3) is 0.133. The normalized spacial score (nSPS) is 9.65. The minimum atomic E-state index is -1.17. The number of hydrogen-bond donors (Lipinski definition) is 2. The second kappa shape index (κ2) is 5.85. The van der Waals surface area contributed by atoms with Crippen molar-refractivity contribution in [3.8, 4) is 23.1 Å². The van der Waals surface area contributed by atoms with Crippen molar-refractivity contribution in [1.29, 1.82) is 0 Å². The molecular weight excluding hydrogens is 254 g/mol. The summed E-state index contributed by atoms with van der Waals surface area (Å²) in [6.07, 6.45) is 0. The van der Waals surface area contributed by atoms with E-state index in [0.717, 1.165) is 16.8 Å². The van der Waals surface area contributed by atoms with Crippen molar-refractivity contribution >= 4 is 11.8 Å². The maximum absolute atomic E-state index is 10.4. The van der Waals surface area contributed by atoms with Crippen LogP contribution in [0.25, 0.3) is 11.3 Å². The average molecular weight is 268 g/mol. The Labute approximate surface area is 116 Å². The molecule has 100 valence electrons. The Morgan fingerprint density at radius 3 is 2.75 bits per heavy atom. The average Bonchev–Trinajstić information content (AvgIpc) is 2.44. The van der Waals surface area contributed by atoms with E-state index in [1.165, 1.54) is 4.68 Å².